The highest BCUT2D eigenvalue weighted by molar-refractivity contribution is 5.61. The molecule has 0 bridgehead atoms. The first-order valence-electron chi connectivity index (χ1n) is 5.24. The summed E-state index contributed by atoms with van der Waals surface area (Å²) in [5, 5.41) is 2.00. The van der Waals surface area contributed by atoms with Crippen LogP contribution in [-0.2, 0) is 6.18 Å². The number of anilines is 2. The summed E-state index contributed by atoms with van der Waals surface area (Å²) >= 11 is 0. The highest BCUT2D eigenvalue weighted by Gasteiger charge is 2.33. The van der Waals surface area contributed by atoms with Crippen LogP contribution < -0.4 is 5.32 Å². The van der Waals surface area contributed by atoms with Crippen LogP contribution in [0.15, 0.2) is 30.3 Å². The third-order valence-corrected chi connectivity index (χ3v) is 2.37. The Hall–Kier alpha value is -2.25. The molecule has 106 valence electrons. The van der Waals surface area contributed by atoms with Gasteiger partial charge in [-0.2, -0.15) is 22.5 Å². The van der Waals surface area contributed by atoms with Crippen LogP contribution >= 0.6 is 0 Å². The Morgan fingerprint density at radius 2 is 1.60 bits per heavy atom. The maximum Gasteiger partial charge on any atom is 0.418 e. The lowest BCUT2D eigenvalue weighted by atomic mass is 10.1. The van der Waals surface area contributed by atoms with Crippen LogP contribution in [0.25, 0.3) is 0 Å². The zero-order valence-corrected chi connectivity index (χ0v) is 9.60. The van der Waals surface area contributed by atoms with Gasteiger partial charge < -0.3 is 5.32 Å². The molecule has 0 spiro atoms. The molecule has 0 atom stereocenters. The Morgan fingerprint density at radius 3 is 2.25 bits per heavy atom. The number of halogens is 6. The van der Waals surface area contributed by atoms with Gasteiger partial charge in [0.05, 0.1) is 11.3 Å². The summed E-state index contributed by atoms with van der Waals surface area (Å²) in [6, 6.07) is 4.39. The van der Waals surface area contributed by atoms with Gasteiger partial charge in [0.25, 0.3) is 5.95 Å². The molecule has 0 aliphatic carbocycles. The first-order valence-corrected chi connectivity index (χ1v) is 5.24. The van der Waals surface area contributed by atoms with E-state index >= 15 is 0 Å². The Balaban J connectivity index is 2.43. The number of nitrogens with one attached hydrogen (secondary N) is 1. The molecular formula is C12H6F6N2. The van der Waals surface area contributed by atoms with Crippen molar-refractivity contribution in [1.29, 1.82) is 0 Å². The van der Waals surface area contributed by atoms with E-state index in [4.69, 9.17) is 0 Å². The largest absolute Gasteiger partial charge is 0.418 e. The molecule has 2 aromatic rings. The van der Waals surface area contributed by atoms with Crippen LogP contribution in [0.2, 0.25) is 0 Å². The smallest absolute Gasteiger partial charge is 0.337 e. The van der Waals surface area contributed by atoms with E-state index in [2.05, 4.69) is 4.98 Å². The highest BCUT2D eigenvalue weighted by atomic mass is 19.4. The number of alkyl halides is 3. The quantitative estimate of drug-likeness (QED) is 0.660. The number of benzene rings is 1. The summed E-state index contributed by atoms with van der Waals surface area (Å²) in [6.07, 6.45) is -4.68. The second-order valence-electron chi connectivity index (χ2n) is 3.76. The fraction of sp³-hybridized carbons (Fsp3) is 0.0833. The van der Waals surface area contributed by atoms with E-state index < -0.39 is 40.8 Å². The van der Waals surface area contributed by atoms with Gasteiger partial charge in [-0.3, -0.25) is 0 Å². The number of rotatable bonds is 2. The Labute approximate surface area is 109 Å². The molecule has 1 heterocycles. The Kier molecular flexibility index (Phi) is 3.56. The molecule has 20 heavy (non-hydrogen) atoms. The second-order valence-corrected chi connectivity index (χ2v) is 3.76. The molecule has 2 nitrogen and oxygen atoms in total. The standard InChI is InChI=1S/C12H6F6N2/c13-7-5-8(14)11(20-10(7)15)19-9-4-2-1-3-6(9)12(16,17)18/h1-5H,(H,19,20). The van der Waals surface area contributed by atoms with Crippen molar-refractivity contribution in [2.75, 3.05) is 5.32 Å². The van der Waals surface area contributed by atoms with Gasteiger partial charge in [-0.1, -0.05) is 12.1 Å². The number of hydrogen-bond donors (Lipinski definition) is 1. The Bertz CT molecular complexity index is 638. The highest BCUT2D eigenvalue weighted by Crippen LogP contribution is 2.35. The van der Waals surface area contributed by atoms with Gasteiger partial charge in [0.1, 0.15) is 0 Å². The number of pyridine rings is 1. The summed E-state index contributed by atoms with van der Waals surface area (Å²) in [7, 11) is 0. The molecule has 0 saturated heterocycles. The van der Waals surface area contributed by atoms with Gasteiger partial charge in [-0.25, -0.2) is 8.78 Å². The Morgan fingerprint density at radius 1 is 0.950 bits per heavy atom. The van der Waals surface area contributed by atoms with E-state index in [0.717, 1.165) is 18.2 Å². The van der Waals surface area contributed by atoms with E-state index in [1.54, 1.807) is 0 Å². The lowest BCUT2D eigenvalue weighted by Crippen LogP contribution is -2.10. The van der Waals surface area contributed by atoms with Crippen LogP contribution in [0.3, 0.4) is 0 Å². The van der Waals surface area contributed by atoms with Crippen molar-refractivity contribution in [3.8, 4) is 0 Å². The predicted molar refractivity (Wildman–Crippen MR) is 58.8 cm³/mol. The van der Waals surface area contributed by atoms with Crippen molar-refractivity contribution < 1.29 is 26.3 Å². The first kappa shape index (κ1) is 14.2. The van der Waals surface area contributed by atoms with Gasteiger partial charge in [0.15, 0.2) is 17.5 Å². The number of nitrogens with zero attached hydrogens (tertiary/aromatic N) is 1. The van der Waals surface area contributed by atoms with Gasteiger partial charge >= 0.3 is 6.18 Å². The van der Waals surface area contributed by atoms with Crippen molar-refractivity contribution in [2.24, 2.45) is 0 Å². The van der Waals surface area contributed by atoms with E-state index in [-0.39, 0.29) is 6.07 Å². The molecule has 0 fully saturated rings. The topological polar surface area (TPSA) is 24.9 Å². The normalized spacial score (nSPS) is 11.5. The maximum absolute atomic E-state index is 13.3. The van der Waals surface area contributed by atoms with E-state index in [9.17, 15) is 26.3 Å². The summed E-state index contributed by atoms with van der Waals surface area (Å²) in [5.41, 5.74) is -1.59. The lowest BCUT2D eigenvalue weighted by Gasteiger charge is -2.14. The van der Waals surface area contributed by atoms with E-state index in [1.807, 2.05) is 5.32 Å². The zero-order valence-electron chi connectivity index (χ0n) is 9.60. The number of aromatic nitrogens is 1. The van der Waals surface area contributed by atoms with Crippen LogP contribution in [0.4, 0.5) is 37.8 Å². The molecule has 0 saturated carbocycles. The van der Waals surface area contributed by atoms with Crippen LogP contribution in [0.5, 0.6) is 0 Å². The van der Waals surface area contributed by atoms with Crippen molar-refractivity contribution in [2.45, 2.75) is 6.18 Å². The molecule has 0 radical (unpaired) electrons. The molecule has 1 aromatic carbocycles. The molecule has 0 unspecified atom stereocenters. The van der Waals surface area contributed by atoms with Crippen LogP contribution in [-0.4, -0.2) is 4.98 Å². The fourth-order valence-corrected chi connectivity index (χ4v) is 1.50. The van der Waals surface area contributed by atoms with Crippen molar-refractivity contribution in [1.82, 2.24) is 4.98 Å². The number of hydrogen-bond acceptors (Lipinski definition) is 2. The predicted octanol–water partition coefficient (Wildman–Crippen LogP) is 4.26. The summed E-state index contributed by atoms with van der Waals surface area (Å²) < 4.78 is 77.0. The molecule has 0 aliphatic heterocycles. The third kappa shape index (κ3) is 2.84. The third-order valence-electron chi connectivity index (χ3n) is 2.37. The van der Waals surface area contributed by atoms with Crippen molar-refractivity contribution in [3.05, 3.63) is 53.5 Å². The van der Waals surface area contributed by atoms with Crippen molar-refractivity contribution >= 4 is 11.5 Å². The SMILES string of the molecule is Fc1cc(F)c(Nc2ccccc2C(F)(F)F)nc1F. The molecule has 0 aliphatic rings. The van der Waals surface area contributed by atoms with E-state index in [1.165, 1.54) is 6.07 Å². The molecule has 0 amide bonds. The van der Waals surface area contributed by atoms with Gasteiger partial charge in [0.2, 0.25) is 0 Å². The first-order chi connectivity index (χ1) is 9.29. The fourth-order valence-electron chi connectivity index (χ4n) is 1.50. The molecule has 2 rings (SSSR count). The minimum atomic E-state index is -4.68. The molecular weight excluding hydrogens is 286 g/mol. The molecule has 1 aromatic heterocycles. The molecule has 8 heteroatoms. The zero-order chi connectivity index (χ0) is 14.9. The maximum atomic E-state index is 13.3. The van der Waals surface area contributed by atoms with E-state index in [0.29, 0.717) is 0 Å². The summed E-state index contributed by atoms with van der Waals surface area (Å²) in [5.74, 6) is -5.28. The average Bonchev–Trinajstić information content (AvgIpc) is 2.35. The number of para-hydroxylation sites is 1. The van der Waals surface area contributed by atoms with Crippen LogP contribution in [0, 0.1) is 17.6 Å². The summed E-state index contributed by atoms with van der Waals surface area (Å²) in [6.45, 7) is 0. The van der Waals surface area contributed by atoms with Gasteiger partial charge in [-0.05, 0) is 12.1 Å². The summed E-state index contributed by atoms with van der Waals surface area (Å²) in [4.78, 5) is 2.90. The monoisotopic (exact) mass is 292 g/mol. The average molecular weight is 292 g/mol. The van der Waals surface area contributed by atoms with Gasteiger partial charge in [0, 0.05) is 6.07 Å². The molecule has 1 N–H and O–H groups in total. The van der Waals surface area contributed by atoms with Crippen molar-refractivity contribution in [3.63, 3.8) is 0 Å². The lowest BCUT2D eigenvalue weighted by molar-refractivity contribution is -0.136. The second kappa shape index (κ2) is 5.03. The minimum Gasteiger partial charge on any atom is -0.337 e. The van der Waals surface area contributed by atoms with Gasteiger partial charge in [-0.15, -0.1) is 0 Å². The van der Waals surface area contributed by atoms with Crippen LogP contribution in [0.1, 0.15) is 5.56 Å². The minimum absolute atomic E-state index is 0.195.